The summed E-state index contributed by atoms with van der Waals surface area (Å²) in [5.74, 6) is -0.391. The molecule has 1 aliphatic rings. The molecule has 0 aliphatic carbocycles. The van der Waals surface area contributed by atoms with Crippen molar-refractivity contribution in [2.45, 2.75) is 44.7 Å². The molecule has 0 bridgehead atoms. The van der Waals surface area contributed by atoms with Crippen LogP contribution < -0.4 is 4.74 Å². The van der Waals surface area contributed by atoms with Crippen molar-refractivity contribution in [1.82, 2.24) is 4.90 Å². The number of aryl methyl sites for hydroxylation is 1. The van der Waals surface area contributed by atoms with Gasteiger partial charge in [0.15, 0.2) is 0 Å². The lowest BCUT2D eigenvalue weighted by atomic mass is 9.97. The summed E-state index contributed by atoms with van der Waals surface area (Å²) in [4.78, 5) is 14.7. The van der Waals surface area contributed by atoms with E-state index < -0.39 is 11.9 Å². The Hall–Kier alpha value is -2.54. The lowest BCUT2D eigenvalue weighted by Gasteiger charge is -2.45. The molecule has 1 saturated heterocycles. The van der Waals surface area contributed by atoms with Gasteiger partial charge in [-0.05, 0) is 37.5 Å². The average Bonchev–Trinajstić information content (AvgIpc) is 2.66. The van der Waals surface area contributed by atoms with Crippen LogP contribution in [0.1, 0.15) is 37.5 Å². The number of halogens is 3. The van der Waals surface area contributed by atoms with Gasteiger partial charge in [-0.25, -0.2) is 0 Å². The first-order valence-electron chi connectivity index (χ1n) is 9.46. The Kier molecular flexibility index (Phi) is 6.17. The van der Waals surface area contributed by atoms with Gasteiger partial charge in [-0.2, -0.15) is 0 Å². The van der Waals surface area contributed by atoms with Gasteiger partial charge in [0, 0.05) is 6.42 Å². The first-order valence-corrected chi connectivity index (χ1v) is 9.46. The molecule has 3 rings (SSSR count). The van der Waals surface area contributed by atoms with E-state index in [1.807, 2.05) is 44.2 Å². The summed E-state index contributed by atoms with van der Waals surface area (Å²) in [7, 11) is 0. The first kappa shape index (κ1) is 21.2. The molecule has 0 aromatic heterocycles. The molecule has 0 spiro atoms. The number of carbonyl (C=O) groups is 1. The molecule has 1 atom stereocenters. The van der Waals surface area contributed by atoms with Crippen LogP contribution in [-0.4, -0.2) is 35.9 Å². The van der Waals surface area contributed by atoms with Crippen LogP contribution in [0.15, 0.2) is 54.6 Å². The zero-order valence-electron chi connectivity index (χ0n) is 16.4. The molecule has 2 aromatic rings. The third-order valence-electron chi connectivity index (χ3n) is 5.00. The Morgan fingerprint density at radius 3 is 2.48 bits per heavy atom. The van der Waals surface area contributed by atoms with E-state index in [2.05, 4.69) is 4.74 Å². The number of morpholine rings is 1. The van der Waals surface area contributed by atoms with Crippen LogP contribution in [-0.2, 0) is 16.0 Å². The minimum absolute atomic E-state index is 0.0865. The third kappa shape index (κ3) is 5.50. The molecule has 1 heterocycles. The standard InChI is InChI=1S/C22H24F3NO3/c1-21(2)15-28-19(16-8-4-3-5-9-16)14-26(21)20(27)13-12-17-10-6-7-11-18(17)29-22(23,24)25/h3-11,19H,12-15H2,1-2H3. The van der Waals surface area contributed by atoms with Crippen LogP contribution in [0.4, 0.5) is 13.2 Å². The van der Waals surface area contributed by atoms with Gasteiger partial charge in [0.25, 0.3) is 0 Å². The zero-order valence-corrected chi connectivity index (χ0v) is 16.4. The van der Waals surface area contributed by atoms with E-state index in [1.165, 1.54) is 12.1 Å². The Labute approximate surface area is 168 Å². The Bertz CT molecular complexity index is 837. The molecule has 1 unspecified atom stereocenters. The fraction of sp³-hybridized carbons (Fsp3) is 0.409. The SMILES string of the molecule is CC1(C)COC(c2ccccc2)CN1C(=O)CCc1ccccc1OC(F)(F)F. The third-order valence-corrected chi connectivity index (χ3v) is 5.00. The summed E-state index contributed by atoms with van der Waals surface area (Å²) >= 11 is 0. The van der Waals surface area contributed by atoms with E-state index in [0.717, 1.165) is 5.56 Å². The van der Waals surface area contributed by atoms with Crippen molar-refractivity contribution in [1.29, 1.82) is 0 Å². The number of carbonyl (C=O) groups excluding carboxylic acids is 1. The average molecular weight is 407 g/mol. The number of hydrogen-bond donors (Lipinski definition) is 0. The van der Waals surface area contributed by atoms with Crippen molar-refractivity contribution < 1.29 is 27.4 Å². The molecule has 156 valence electrons. The van der Waals surface area contributed by atoms with Crippen LogP contribution in [0.3, 0.4) is 0 Å². The fourth-order valence-electron chi connectivity index (χ4n) is 3.47. The number of benzene rings is 2. The van der Waals surface area contributed by atoms with Crippen molar-refractivity contribution in [3.8, 4) is 5.75 Å². The van der Waals surface area contributed by atoms with Gasteiger partial charge in [0.05, 0.1) is 18.7 Å². The maximum Gasteiger partial charge on any atom is 0.573 e. The molecule has 1 aliphatic heterocycles. The van der Waals surface area contributed by atoms with E-state index in [1.54, 1.807) is 17.0 Å². The number of amides is 1. The van der Waals surface area contributed by atoms with E-state index in [-0.39, 0.29) is 30.6 Å². The van der Waals surface area contributed by atoms with E-state index in [0.29, 0.717) is 18.7 Å². The summed E-state index contributed by atoms with van der Waals surface area (Å²) in [6.07, 6.45) is -4.75. The Morgan fingerprint density at radius 2 is 1.79 bits per heavy atom. The zero-order chi connectivity index (χ0) is 21.1. The highest BCUT2D eigenvalue weighted by Gasteiger charge is 2.38. The second-order valence-corrected chi connectivity index (χ2v) is 7.68. The van der Waals surface area contributed by atoms with Gasteiger partial charge >= 0.3 is 6.36 Å². The van der Waals surface area contributed by atoms with E-state index in [9.17, 15) is 18.0 Å². The molecule has 4 nitrogen and oxygen atoms in total. The van der Waals surface area contributed by atoms with Gasteiger partial charge in [0.2, 0.25) is 5.91 Å². The minimum Gasteiger partial charge on any atom is -0.406 e. The van der Waals surface area contributed by atoms with Gasteiger partial charge < -0.3 is 14.4 Å². The van der Waals surface area contributed by atoms with Gasteiger partial charge in [-0.3, -0.25) is 4.79 Å². The number of ether oxygens (including phenoxy) is 2. The molecule has 0 N–H and O–H groups in total. The topological polar surface area (TPSA) is 38.8 Å². The number of para-hydroxylation sites is 1. The maximum atomic E-state index is 13.0. The summed E-state index contributed by atoms with van der Waals surface area (Å²) in [6, 6.07) is 15.6. The van der Waals surface area contributed by atoms with Crippen LogP contribution in [0.25, 0.3) is 0 Å². The van der Waals surface area contributed by atoms with Crippen molar-refractivity contribution in [2.24, 2.45) is 0 Å². The van der Waals surface area contributed by atoms with Crippen molar-refractivity contribution >= 4 is 5.91 Å². The van der Waals surface area contributed by atoms with Crippen molar-refractivity contribution in [3.63, 3.8) is 0 Å². The second kappa shape index (κ2) is 8.45. The van der Waals surface area contributed by atoms with Gasteiger partial charge in [-0.1, -0.05) is 48.5 Å². The predicted octanol–water partition coefficient (Wildman–Crippen LogP) is 4.90. The van der Waals surface area contributed by atoms with Crippen LogP contribution in [0.2, 0.25) is 0 Å². The van der Waals surface area contributed by atoms with Crippen LogP contribution >= 0.6 is 0 Å². The summed E-state index contributed by atoms with van der Waals surface area (Å²) in [6.45, 7) is 4.63. The molecule has 0 saturated carbocycles. The monoisotopic (exact) mass is 407 g/mol. The molecular formula is C22H24F3NO3. The summed E-state index contributed by atoms with van der Waals surface area (Å²) in [5, 5.41) is 0. The first-order chi connectivity index (χ1) is 13.7. The molecule has 2 aromatic carbocycles. The highest BCUT2D eigenvalue weighted by atomic mass is 19.4. The second-order valence-electron chi connectivity index (χ2n) is 7.68. The van der Waals surface area contributed by atoms with Crippen molar-refractivity contribution in [2.75, 3.05) is 13.2 Å². The highest BCUT2D eigenvalue weighted by molar-refractivity contribution is 5.77. The molecule has 29 heavy (non-hydrogen) atoms. The highest BCUT2D eigenvalue weighted by Crippen LogP contribution is 2.32. The summed E-state index contributed by atoms with van der Waals surface area (Å²) < 4.78 is 47.9. The Morgan fingerprint density at radius 1 is 1.14 bits per heavy atom. The normalized spacial score (nSPS) is 19.1. The lowest BCUT2D eigenvalue weighted by molar-refractivity contribution is -0.274. The molecule has 1 fully saturated rings. The smallest absolute Gasteiger partial charge is 0.406 e. The van der Waals surface area contributed by atoms with Gasteiger partial charge in [-0.15, -0.1) is 13.2 Å². The predicted molar refractivity (Wildman–Crippen MR) is 102 cm³/mol. The lowest BCUT2D eigenvalue weighted by Crippen LogP contribution is -2.56. The van der Waals surface area contributed by atoms with Crippen LogP contribution in [0.5, 0.6) is 5.75 Å². The molecule has 0 radical (unpaired) electrons. The maximum absolute atomic E-state index is 13.0. The largest absolute Gasteiger partial charge is 0.573 e. The molecular weight excluding hydrogens is 383 g/mol. The van der Waals surface area contributed by atoms with Crippen molar-refractivity contribution in [3.05, 3.63) is 65.7 Å². The van der Waals surface area contributed by atoms with Crippen LogP contribution in [0, 0.1) is 0 Å². The Balaban J connectivity index is 1.69. The number of alkyl halides is 3. The molecule has 1 amide bonds. The number of hydrogen-bond acceptors (Lipinski definition) is 3. The molecule has 7 heteroatoms. The number of rotatable bonds is 5. The minimum atomic E-state index is -4.77. The van der Waals surface area contributed by atoms with E-state index in [4.69, 9.17) is 4.74 Å². The summed E-state index contributed by atoms with van der Waals surface area (Å²) in [5.41, 5.74) is 0.846. The van der Waals surface area contributed by atoms with Gasteiger partial charge in [0.1, 0.15) is 11.9 Å². The van der Waals surface area contributed by atoms with E-state index >= 15 is 0 Å². The fourth-order valence-corrected chi connectivity index (χ4v) is 3.47. The number of nitrogens with zero attached hydrogens (tertiary/aromatic N) is 1. The quantitative estimate of drug-likeness (QED) is 0.708.